The maximum Gasteiger partial charge on any atom is 0.534 e. The van der Waals surface area contributed by atoms with E-state index >= 15 is 0 Å². The van der Waals surface area contributed by atoms with Crippen molar-refractivity contribution in [2.24, 2.45) is 5.92 Å². The number of carbonyl (C=O) groups excluding carboxylic acids is 2. The minimum Gasteiger partial charge on any atom is -0.444 e. The molecule has 0 aliphatic carbocycles. The highest BCUT2D eigenvalue weighted by atomic mass is 32.2. The van der Waals surface area contributed by atoms with Crippen LogP contribution in [0, 0.1) is 11.7 Å². The highest BCUT2D eigenvalue weighted by Crippen LogP contribution is 2.33. The van der Waals surface area contributed by atoms with Crippen LogP contribution >= 0.6 is 0 Å². The van der Waals surface area contributed by atoms with Gasteiger partial charge in [-0.25, -0.2) is 19.0 Å². The summed E-state index contributed by atoms with van der Waals surface area (Å²) in [5.41, 5.74) is -3.52. The number of aliphatic hydroxyl groups is 1. The third-order valence-corrected chi connectivity index (χ3v) is 8.23. The fourth-order valence-corrected chi connectivity index (χ4v) is 5.49. The van der Waals surface area contributed by atoms with Crippen LogP contribution in [0.5, 0.6) is 5.75 Å². The second-order valence-electron chi connectivity index (χ2n) is 12.2. The first kappa shape index (κ1) is 37.1. The Hall–Kier alpha value is -3.71. The lowest BCUT2D eigenvalue weighted by Crippen LogP contribution is -2.54. The fraction of sp³-hybridized carbons (Fsp3) is 0.533. The zero-order chi connectivity index (χ0) is 35.3. The van der Waals surface area contributed by atoms with E-state index in [-0.39, 0.29) is 37.6 Å². The molecule has 2 amide bonds. The minimum atomic E-state index is -5.90. The number of rotatable bonds is 12. The van der Waals surface area contributed by atoms with E-state index in [4.69, 9.17) is 18.9 Å². The topological polar surface area (TPSA) is 162 Å². The largest absolute Gasteiger partial charge is 0.534 e. The van der Waals surface area contributed by atoms with Gasteiger partial charge in [-0.2, -0.15) is 21.6 Å². The van der Waals surface area contributed by atoms with Gasteiger partial charge in [-0.3, -0.25) is 5.43 Å². The predicted octanol–water partition coefficient (Wildman–Crippen LogP) is 3.76. The van der Waals surface area contributed by atoms with Crippen molar-refractivity contribution in [3.05, 3.63) is 65.5 Å². The smallest absolute Gasteiger partial charge is 0.444 e. The number of hydrogen-bond donors (Lipinski definition) is 3. The third kappa shape index (κ3) is 10.4. The normalized spacial score (nSPS) is 20.9. The molecule has 18 heteroatoms. The SMILES string of the molecule is CC(C)(C)OC(=O)N[C@@H](Cc1ccc(OS(=O)(=O)C(F)(F)F)cc1)[C@@H](O)CN(Cc1ccccc1F)NC(=O)O[C@H]1CO[C@H]2OCC[C@H]21. The molecule has 2 heterocycles. The van der Waals surface area contributed by atoms with E-state index in [1.54, 1.807) is 26.8 Å². The Morgan fingerprint density at radius 3 is 2.40 bits per heavy atom. The molecule has 0 unspecified atom stereocenters. The monoisotopic (exact) mass is 707 g/mol. The van der Waals surface area contributed by atoms with Crippen LogP contribution in [0.15, 0.2) is 48.5 Å². The Bertz CT molecular complexity index is 1520. The molecule has 3 N–H and O–H groups in total. The standard InChI is InChI=1S/C30H37F4N3O10S/c1-29(2,3)46-27(39)35-23(14-18-8-10-20(11-9-18)47-48(41,42)30(32,33)34)24(38)16-37(15-19-6-4-5-7-22(19)31)36-28(40)45-25-17-44-26-21(25)12-13-43-26/h4-11,21,23-26,38H,12-17H2,1-3H3,(H,35,39)(H,36,40)/t21-,23-,24-,25-,26+/m0/s1. The molecule has 2 saturated heterocycles. The molecule has 0 radical (unpaired) electrons. The summed E-state index contributed by atoms with van der Waals surface area (Å²) < 4.78 is 102. The number of benzene rings is 2. The quantitative estimate of drug-likeness (QED) is 0.128. The van der Waals surface area contributed by atoms with Crippen LogP contribution in [0.25, 0.3) is 0 Å². The van der Waals surface area contributed by atoms with Gasteiger partial charge >= 0.3 is 27.8 Å². The van der Waals surface area contributed by atoms with Crippen molar-refractivity contribution in [2.75, 3.05) is 19.8 Å². The molecule has 2 fully saturated rings. The van der Waals surface area contributed by atoms with Crippen molar-refractivity contribution in [1.29, 1.82) is 0 Å². The van der Waals surface area contributed by atoms with Crippen LogP contribution in [0.1, 0.15) is 38.3 Å². The molecule has 2 aromatic rings. The zero-order valence-electron chi connectivity index (χ0n) is 26.2. The number of halogens is 4. The van der Waals surface area contributed by atoms with Crippen LogP contribution in [-0.2, 0) is 42.0 Å². The number of amides is 2. The zero-order valence-corrected chi connectivity index (χ0v) is 27.1. The molecular weight excluding hydrogens is 670 g/mol. The lowest BCUT2D eigenvalue weighted by Gasteiger charge is -2.31. The number of fused-ring (bicyclic) bond motifs is 1. The summed E-state index contributed by atoms with van der Waals surface area (Å²) in [6, 6.07) is 9.06. The summed E-state index contributed by atoms with van der Waals surface area (Å²) in [6.45, 7) is 4.81. The van der Waals surface area contributed by atoms with Gasteiger partial charge < -0.3 is 33.6 Å². The molecule has 2 aromatic carbocycles. The molecule has 2 aliphatic heterocycles. The Morgan fingerprint density at radius 2 is 1.75 bits per heavy atom. The van der Waals surface area contributed by atoms with Gasteiger partial charge in [0.1, 0.15) is 23.3 Å². The molecule has 13 nitrogen and oxygen atoms in total. The van der Waals surface area contributed by atoms with Crippen LogP contribution in [0.4, 0.5) is 27.2 Å². The van der Waals surface area contributed by atoms with Gasteiger partial charge in [0.05, 0.1) is 31.3 Å². The van der Waals surface area contributed by atoms with E-state index < -0.39 is 69.5 Å². The molecular formula is C30H37F4N3O10S. The average Bonchev–Trinajstić information content (AvgIpc) is 3.58. The second-order valence-corrected chi connectivity index (χ2v) is 13.7. The van der Waals surface area contributed by atoms with Gasteiger partial charge in [-0.1, -0.05) is 30.3 Å². The van der Waals surface area contributed by atoms with Gasteiger partial charge in [-0.15, -0.1) is 0 Å². The lowest BCUT2D eigenvalue weighted by atomic mass is 10.0. The summed E-state index contributed by atoms with van der Waals surface area (Å²) in [5.74, 6) is -1.36. The highest BCUT2D eigenvalue weighted by molar-refractivity contribution is 7.88. The molecule has 0 aromatic heterocycles. The van der Waals surface area contributed by atoms with E-state index in [1.807, 2.05) is 0 Å². The van der Waals surface area contributed by atoms with Crippen LogP contribution < -0.4 is 14.9 Å². The summed E-state index contributed by atoms with van der Waals surface area (Å²) in [6.07, 6.45) is -3.89. The van der Waals surface area contributed by atoms with Crippen LogP contribution in [-0.4, -0.2) is 86.1 Å². The minimum absolute atomic E-state index is 0.118. The number of alkyl carbamates (subject to hydrolysis) is 1. The number of nitrogens with zero attached hydrogens (tertiary/aromatic N) is 1. The van der Waals surface area contributed by atoms with Crippen LogP contribution in [0.2, 0.25) is 0 Å². The van der Waals surface area contributed by atoms with Crippen molar-refractivity contribution < 1.29 is 63.8 Å². The van der Waals surface area contributed by atoms with E-state index in [9.17, 15) is 40.7 Å². The maximum absolute atomic E-state index is 14.6. The molecule has 48 heavy (non-hydrogen) atoms. The van der Waals surface area contributed by atoms with Crippen molar-refractivity contribution in [3.63, 3.8) is 0 Å². The van der Waals surface area contributed by atoms with Gasteiger partial charge in [0.2, 0.25) is 0 Å². The number of alkyl halides is 3. The number of nitrogens with one attached hydrogen (secondary N) is 2. The average molecular weight is 708 g/mol. The molecule has 0 saturated carbocycles. The van der Waals surface area contributed by atoms with Crippen molar-refractivity contribution in [3.8, 4) is 5.75 Å². The van der Waals surface area contributed by atoms with Crippen LogP contribution in [0.3, 0.4) is 0 Å². The van der Waals surface area contributed by atoms with Gasteiger partial charge in [-0.05, 0) is 57.4 Å². The lowest BCUT2D eigenvalue weighted by molar-refractivity contribution is -0.0907. The van der Waals surface area contributed by atoms with Gasteiger partial charge in [0, 0.05) is 18.7 Å². The Labute approximate surface area is 274 Å². The predicted molar refractivity (Wildman–Crippen MR) is 159 cm³/mol. The molecule has 0 spiro atoms. The summed E-state index contributed by atoms with van der Waals surface area (Å²) >= 11 is 0. The Kier molecular flexibility index (Phi) is 11.8. The fourth-order valence-electron chi connectivity index (χ4n) is 5.03. The highest BCUT2D eigenvalue weighted by Gasteiger charge is 2.48. The number of aliphatic hydroxyl groups excluding tert-OH is 1. The Balaban J connectivity index is 1.51. The van der Waals surface area contributed by atoms with Gasteiger partial charge in [0.25, 0.3) is 0 Å². The van der Waals surface area contributed by atoms with E-state index in [1.165, 1.54) is 35.3 Å². The molecule has 0 bridgehead atoms. The van der Waals surface area contributed by atoms with Crippen molar-refractivity contribution in [1.82, 2.24) is 15.8 Å². The third-order valence-electron chi connectivity index (χ3n) is 7.25. The molecule has 266 valence electrons. The maximum atomic E-state index is 14.6. The van der Waals surface area contributed by atoms with Crippen molar-refractivity contribution >= 4 is 22.3 Å². The number of hydrogen-bond acceptors (Lipinski definition) is 11. The first-order chi connectivity index (χ1) is 22.4. The van der Waals surface area contributed by atoms with Gasteiger partial charge in [0.15, 0.2) is 6.29 Å². The first-order valence-electron chi connectivity index (χ1n) is 14.9. The number of hydrazine groups is 1. The van der Waals surface area contributed by atoms with E-state index in [0.717, 1.165) is 12.1 Å². The molecule has 2 aliphatic rings. The first-order valence-corrected chi connectivity index (χ1v) is 16.3. The number of carbonyl (C=O) groups is 2. The summed E-state index contributed by atoms with van der Waals surface area (Å²) in [4.78, 5) is 25.7. The van der Waals surface area contributed by atoms with Crippen molar-refractivity contribution in [2.45, 2.75) is 75.8 Å². The molecule has 5 atom stereocenters. The summed E-state index contributed by atoms with van der Waals surface area (Å²) in [5, 5.41) is 15.1. The Morgan fingerprint density at radius 1 is 1.06 bits per heavy atom. The number of ether oxygens (including phenoxy) is 4. The second kappa shape index (κ2) is 15.2. The molecule has 4 rings (SSSR count). The van der Waals surface area contributed by atoms with E-state index in [0.29, 0.717) is 18.6 Å². The van der Waals surface area contributed by atoms with E-state index in [2.05, 4.69) is 14.9 Å². The summed E-state index contributed by atoms with van der Waals surface area (Å²) in [7, 11) is -5.90.